The number of amides is 1. The van der Waals surface area contributed by atoms with E-state index in [4.69, 9.17) is 11.5 Å². The van der Waals surface area contributed by atoms with Crippen LogP contribution in [0.2, 0.25) is 0 Å². The Bertz CT molecular complexity index is 1060. The zero-order valence-electron chi connectivity index (χ0n) is 15.6. The molecular weight excluding hydrogens is 380 g/mol. The fraction of sp³-hybridized carbons (Fsp3) is 0.235. The summed E-state index contributed by atoms with van der Waals surface area (Å²) in [4.78, 5) is 37.1. The van der Waals surface area contributed by atoms with Crippen molar-refractivity contribution in [3.8, 4) is 5.69 Å². The van der Waals surface area contributed by atoms with Crippen molar-refractivity contribution in [2.24, 2.45) is 7.05 Å². The van der Waals surface area contributed by atoms with E-state index in [0.717, 1.165) is 11.8 Å². The van der Waals surface area contributed by atoms with E-state index in [9.17, 15) is 9.59 Å². The summed E-state index contributed by atoms with van der Waals surface area (Å²) in [6.07, 6.45) is 0. The van der Waals surface area contributed by atoms with Crippen molar-refractivity contribution < 1.29 is 4.79 Å². The Balaban J connectivity index is 1.83. The molecule has 11 heteroatoms. The van der Waals surface area contributed by atoms with Gasteiger partial charge in [-0.3, -0.25) is 14.3 Å². The van der Waals surface area contributed by atoms with Crippen LogP contribution >= 0.6 is 11.8 Å². The number of rotatable bonds is 5. The average molecular weight is 400 g/mol. The molecule has 1 aromatic carbocycles. The minimum absolute atomic E-state index is 0.0211. The van der Waals surface area contributed by atoms with Gasteiger partial charge < -0.3 is 16.8 Å². The van der Waals surface area contributed by atoms with E-state index in [-0.39, 0.29) is 34.2 Å². The van der Waals surface area contributed by atoms with Gasteiger partial charge in [0.15, 0.2) is 5.16 Å². The van der Waals surface area contributed by atoms with Crippen molar-refractivity contribution in [2.45, 2.75) is 24.3 Å². The summed E-state index contributed by atoms with van der Waals surface area (Å²) >= 11 is 1.07. The number of aromatic nitrogens is 5. The van der Waals surface area contributed by atoms with E-state index < -0.39 is 5.25 Å². The summed E-state index contributed by atoms with van der Waals surface area (Å²) in [5, 5.41) is 2.35. The topological polar surface area (TPSA) is 147 Å². The molecular formula is C17H20N8O2S. The Morgan fingerprint density at radius 1 is 1.14 bits per heavy atom. The quantitative estimate of drug-likeness (QED) is 0.536. The van der Waals surface area contributed by atoms with Crippen molar-refractivity contribution in [3.63, 3.8) is 0 Å². The second kappa shape index (κ2) is 7.72. The fourth-order valence-corrected chi connectivity index (χ4v) is 3.36. The largest absolute Gasteiger partial charge is 0.368 e. The third kappa shape index (κ3) is 3.83. The molecule has 0 saturated carbocycles. The highest BCUT2D eigenvalue weighted by Gasteiger charge is 2.22. The van der Waals surface area contributed by atoms with Gasteiger partial charge in [0.05, 0.1) is 16.6 Å². The predicted octanol–water partition coefficient (Wildman–Crippen LogP) is 0.953. The number of para-hydroxylation sites is 1. The highest BCUT2D eigenvalue weighted by molar-refractivity contribution is 8.00. The summed E-state index contributed by atoms with van der Waals surface area (Å²) in [6, 6.07) is 9.19. The van der Waals surface area contributed by atoms with Gasteiger partial charge in [-0.25, -0.2) is 4.68 Å². The Morgan fingerprint density at radius 3 is 2.36 bits per heavy atom. The zero-order chi connectivity index (χ0) is 20.4. The van der Waals surface area contributed by atoms with Crippen molar-refractivity contribution in [1.82, 2.24) is 24.3 Å². The van der Waals surface area contributed by atoms with Crippen molar-refractivity contribution in [1.29, 1.82) is 0 Å². The fourth-order valence-electron chi connectivity index (χ4n) is 2.59. The van der Waals surface area contributed by atoms with E-state index in [2.05, 4.69) is 20.3 Å². The van der Waals surface area contributed by atoms with Gasteiger partial charge >= 0.3 is 0 Å². The summed E-state index contributed by atoms with van der Waals surface area (Å²) < 4.78 is 3.19. The number of nitrogens with zero attached hydrogens (tertiary/aromatic N) is 5. The second-order valence-electron chi connectivity index (χ2n) is 6.02. The molecule has 0 aliphatic heterocycles. The summed E-state index contributed by atoms with van der Waals surface area (Å²) in [5.74, 6) is -0.409. The maximum Gasteiger partial charge on any atom is 0.295 e. The number of nitrogens with two attached hydrogens (primary N) is 2. The van der Waals surface area contributed by atoms with Gasteiger partial charge in [-0.1, -0.05) is 30.0 Å². The smallest absolute Gasteiger partial charge is 0.295 e. The number of thioether (sulfide) groups is 1. The normalized spacial score (nSPS) is 12.0. The Kier molecular flexibility index (Phi) is 5.36. The summed E-state index contributed by atoms with van der Waals surface area (Å²) in [5.41, 5.74) is 12.3. The number of nitrogen functional groups attached to an aromatic ring is 2. The Labute approximate surface area is 165 Å². The van der Waals surface area contributed by atoms with Gasteiger partial charge in [-0.2, -0.15) is 15.0 Å². The summed E-state index contributed by atoms with van der Waals surface area (Å²) in [6.45, 7) is 3.44. The van der Waals surface area contributed by atoms with Crippen molar-refractivity contribution in [2.75, 3.05) is 16.8 Å². The molecule has 0 radical (unpaired) electrons. The lowest BCUT2D eigenvalue weighted by Crippen LogP contribution is -2.27. The molecule has 1 amide bonds. The van der Waals surface area contributed by atoms with Crippen LogP contribution in [0.3, 0.4) is 0 Å². The van der Waals surface area contributed by atoms with Crippen LogP contribution in [-0.4, -0.2) is 35.5 Å². The van der Waals surface area contributed by atoms with Crippen LogP contribution < -0.4 is 22.3 Å². The molecule has 0 aliphatic rings. The zero-order valence-corrected chi connectivity index (χ0v) is 16.4. The van der Waals surface area contributed by atoms with Gasteiger partial charge in [0.25, 0.3) is 5.56 Å². The molecule has 3 rings (SSSR count). The van der Waals surface area contributed by atoms with Gasteiger partial charge in [-0.05, 0) is 26.0 Å². The molecule has 10 nitrogen and oxygen atoms in total. The molecule has 1 unspecified atom stereocenters. The number of carbonyl (C=O) groups is 1. The molecule has 146 valence electrons. The lowest BCUT2D eigenvalue weighted by atomic mass is 10.3. The maximum absolute atomic E-state index is 12.9. The highest BCUT2D eigenvalue weighted by atomic mass is 32.2. The summed E-state index contributed by atoms with van der Waals surface area (Å²) in [7, 11) is 1.76. The number of benzene rings is 1. The van der Waals surface area contributed by atoms with Crippen LogP contribution in [0, 0.1) is 6.92 Å². The molecule has 2 heterocycles. The Hall–Kier alpha value is -3.34. The lowest BCUT2D eigenvalue weighted by Gasteiger charge is -2.10. The monoisotopic (exact) mass is 400 g/mol. The van der Waals surface area contributed by atoms with Crippen LogP contribution in [0.15, 0.2) is 40.3 Å². The van der Waals surface area contributed by atoms with Crippen LogP contribution in [0.1, 0.15) is 12.6 Å². The molecule has 1 atom stereocenters. The molecule has 28 heavy (non-hydrogen) atoms. The molecule has 0 spiro atoms. The molecule has 3 aromatic rings. The average Bonchev–Trinajstić information content (AvgIpc) is 2.85. The van der Waals surface area contributed by atoms with E-state index in [0.29, 0.717) is 11.4 Å². The van der Waals surface area contributed by atoms with Crippen molar-refractivity contribution in [3.05, 3.63) is 46.4 Å². The SMILES string of the molecule is Cc1c(NC(=O)C(C)Sc2nc(N)nc(N)n2)c(=O)n(-c2ccccc2)n1C. The van der Waals surface area contributed by atoms with E-state index >= 15 is 0 Å². The van der Waals surface area contributed by atoms with Gasteiger partial charge in [0.1, 0.15) is 5.69 Å². The third-order valence-electron chi connectivity index (χ3n) is 4.10. The van der Waals surface area contributed by atoms with Crippen LogP contribution in [0.4, 0.5) is 17.6 Å². The lowest BCUT2D eigenvalue weighted by molar-refractivity contribution is -0.115. The first kappa shape index (κ1) is 19.4. The molecule has 0 fully saturated rings. The van der Waals surface area contributed by atoms with Gasteiger partial charge in [0.2, 0.25) is 17.8 Å². The van der Waals surface area contributed by atoms with Crippen LogP contribution in [-0.2, 0) is 11.8 Å². The van der Waals surface area contributed by atoms with Gasteiger partial charge in [0, 0.05) is 7.05 Å². The van der Waals surface area contributed by atoms with E-state index in [1.54, 1.807) is 25.6 Å². The minimum atomic E-state index is -0.592. The third-order valence-corrected chi connectivity index (χ3v) is 5.06. The molecule has 0 saturated heterocycles. The van der Waals surface area contributed by atoms with Crippen LogP contribution in [0.25, 0.3) is 5.69 Å². The van der Waals surface area contributed by atoms with Gasteiger partial charge in [-0.15, -0.1) is 0 Å². The van der Waals surface area contributed by atoms with E-state index in [1.807, 2.05) is 30.3 Å². The number of hydrogen-bond acceptors (Lipinski definition) is 8. The number of hydrogen-bond donors (Lipinski definition) is 3. The second-order valence-corrected chi connectivity index (χ2v) is 7.33. The first-order valence-electron chi connectivity index (χ1n) is 8.36. The predicted molar refractivity (Wildman–Crippen MR) is 108 cm³/mol. The standard InChI is InChI=1S/C17H20N8O2S/c1-9-12(14(27)25(24(9)3)11-7-5-4-6-8-11)20-13(26)10(2)28-17-22-15(18)21-16(19)23-17/h4-8,10H,1-3H3,(H,20,26)(H4,18,19,21,22,23). The molecule has 0 aliphatic carbocycles. The first-order chi connectivity index (χ1) is 13.3. The van der Waals surface area contributed by atoms with Crippen LogP contribution in [0.5, 0.6) is 0 Å². The number of nitrogens with one attached hydrogen (secondary N) is 1. The molecule has 5 N–H and O–H groups in total. The Morgan fingerprint density at radius 2 is 1.75 bits per heavy atom. The van der Waals surface area contributed by atoms with E-state index in [1.165, 1.54) is 4.68 Å². The molecule has 0 bridgehead atoms. The van der Waals surface area contributed by atoms with Crippen molar-refractivity contribution >= 4 is 35.3 Å². The number of anilines is 3. The first-order valence-corrected chi connectivity index (χ1v) is 9.24. The minimum Gasteiger partial charge on any atom is -0.368 e. The molecule has 2 aromatic heterocycles. The highest BCUT2D eigenvalue weighted by Crippen LogP contribution is 2.22. The maximum atomic E-state index is 12.9. The number of carbonyl (C=O) groups excluding carboxylic acids is 1.